The molecule has 11 heteroatoms. The number of rotatable bonds is 2. The summed E-state index contributed by atoms with van der Waals surface area (Å²) < 4.78 is 22.2. The molecule has 0 unspecified atom stereocenters. The first-order valence-corrected chi connectivity index (χ1v) is 4.59. The van der Waals surface area contributed by atoms with Gasteiger partial charge < -0.3 is 19.6 Å². The first-order chi connectivity index (χ1) is 3.71. The Morgan fingerprint density at radius 3 is 1.09 bits per heavy atom. The van der Waals surface area contributed by atoms with Gasteiger partial charge in [0.1, 0.15) is 0 Å². The van der Waals surface area contributed by atoms with E-state index in [2.05, 4.69) is 4.31 Å². The molecule has 0 aromatic rings. The monoisotopic (exact) mass is 268 g/mol. The maximum Gasteiger partial charge on any atom is 0 e. The largest absolute Gasteiger partial charge is 0 e. The molecule has 0 saturated heterocycles. The van der Waals surface area contributed by atoms with Crippen LogP contribution in [0.2, 0.25) is 0 Å². The number of hydrogen-bond donors (Lipinski definition) is 4. The van der Waals surface area contributed by atoms with E-state index in [1.807, 2.05) is 0 Å². The molecule has 0 aliphatic carbocycles. The van der Waals surface area contributed by atoms with Crippen molar-refractivity contribution in [1.82, 2.24) is 0 Å². The minimum absolute atomic E-state index is 0. The van der Waals surface area contributed by atoms with E-state index >= 15 is 0 Å². The van der Waals surface area contributed by atoms with E-state index in [0.29, 0.717) is 0 Å². The molecule has 0 rings (SSSR count). The van der Waals surface area contributed by atoms with E-state index in [1.165, 1.54) is 0 Å². The fourth-order valence-electron chi connectivity index (χ4n) is 0.139. The quantitative estimate of drug-likeness (QED) is 0.346. The van der Waals surface area contributed by atoms with Crippen molar-refractivity contribution < 1.29 is 54.7 Å². The first-order valence-electron chi connectivity index (χ1n) is 1.53. The van der Waals surface area contributed by atoms with Crippen LogP contribution in [0.1, 0.15) is 0 Å². The van der Waals surface area contributed by atoms with Gasteiger partial charge in [0.15, 0.2) is 0 Å². The summed E-state index contributed by atoms with van der Waals surface area (Å²) in [5.41, 5.74) is 0. The molecule has 4 N–H and O–H groups in total. The Kier molecular flexibility index (Phi) is 11.4. The van der Waals surface area contributed by atoms with Gasteiger partial charge in [0.05, 0.1) is 0 Å². The van der Waals surface area contributed by atoms with Crippen molar-refractivity contribution in [3.8, 4) is 0 Å². The molecule has 0 aliphatic rings. The van der Waals surface area contributed by atoms with Crippen molar-refractivity contribution in [3.63, 3.8) is 0 Å². The van der Waals surface area contributed by atoms with E-state index in [-0.39, 0.29) is 59.5 Å². The summed E-state index contributed by atoms with van der Waals surface area (Å²) in [6, 6.07) is 0. The minimum atomic E-state index is -5.05. The summed E-state index contributed by atoms with van der Waals surface area (Å²) in [4.78, 5) is 31.0. The summed E-state index contributed by atoms with van der Waals surface area (Å²) in [5.74, 6) is 0. The van der Waals surface area contributed by atoms with Crippen LogP contribution in [0, 0.1) is 0 Å². The summed E-state index contributed by atoms with van der Waals surface area (Å²) in [5, 5.41) is 0. The Labute approximate surface area is 107 Å². The second-order valence-corrected chi connectivity index (χ2v) is 3.68. The zero-order valence-corrected chi connectivity index (χ0v) is 7.76. The third kappa shape index (κ3) is 18.9. The smallest absolute Gasteiger partial charge is 0 e. The molecule has 0 aromatic heterocycles. The van der Waals surface area contributed by atoms with Gasteiger partial charge in [0.2, 0.25) is 0 Å². The van der Waals surface area contributed by atoms with Crippen LogP contribution in [0.3, 0.4) is 0 Å². The third-order valence-corrected chi connectivity index (χ3v) is 1.91. The Hall–Kier alpha value is 2.23. The van der Waals surface area contributed by atoms with Gasteiger partial charge in [-0.15, -0.1) is 0 Å². The Morgan fingerprint density at radius 1 is 0.909 bits per heavy atom. The molecule has 11 heavy (non-hydrogen) atoms. The molecule has 0 amide bonds. The van der Waals surface area contributed by atoms with Gasteiger partial charge in [-0.1, -0.05) is 0 Å². The van der Waals surface area contributed by atoms with Crippen molar-refractivity contribution >= 4 is 53.4 Å². The molecule has 0 heterocycles. The fourth-order valence-corrected chi connectivity index (χ4v) is 1.25. The second kappa shape index (κ2) is 6.65. The standard InChI is InChI=1S/Ca.H4O7P2.Ti.2H/c;1-8(2,3)7-9(4,5)6;;;/h;(H2,1,2,3)(H2,4,5,6);;;. The van der Waals surface area contributed by atoms with E-state index in [9.17, 15) is 9.13 Å². The molecule has 0 atom stereocenters. The molecule has 7 nitrogen and oxygen atoms in total. The van der Waals surface area contributed by atoms with Gasteiger partial charge in [-0.25, -0.2) is 9.13 Å². The third-order valence-electron chi connectivity index (χ3n) is 0.213. The average Bonchev–Trinajstić information content (AvgIpc) is 1.14. The van der Waals surface area contributed by atoms with Crippen LogP contribution in [0.5, 0.6) is 0 Å². The summed E-state index contributed by atoms with van der Waals surface area (Å²) in [6.07, 6.45) is 0. The molecule has 0 aromatic carbocycles. The molecular weight excluding hydrogens is 262 g/mol. The van der Waals surface area contributed by atoms with Crippen LogP contribution in [-0.4, -0.2) is 57.3 Å². The van der Waals surface area contributed by atoms with Gasteiger partial charge in [0.25, 0.3) is 0 Å². The van der Waals surface area contributed by atoms with Crippen LogP contribution in [0.15, 0.2) is 0 Å². The topological polar surface area (TPSA) is 124 Å². The summed E-state index contributed by atoms with van der Waals surface area (Å²) in [7, 11) is -10.1. The molecule has 0 bridgehead atoms. The Balaban J connectivity index is -0.000000320. The van der Waals surface area contributed by atoms with E-state index < -0.39 is 15.6 Å². The SMILES string of the molecule is O=P(O)(O)OP(=O)(O)O.[CaH2].[Ti]. The van der Waals surface area contributed by atoms with Gasteiger partial charge in [-0.2, -0.15) is 4.31 Å². The van der Waals surface area contributed by atoms with Gasteiger partial charge in [-0.05, 0) is 0 Å². The maximum atomic E-state index is 9.63. The van der Waals surface area contributed by atoms with Crippen molar-refractivity contribution in [2.24, 2.45) is 0 Å². The molecule has 0 aliphatic heterocycles. The summed E-state index contributed by atoms with van der Waals surface area (Å²) >= 11 is 0. The molecular formula is H6CaO7P2Ti. The van der Waals surface area contributed by atoms with Gasteiger partial charge in [0, 0.05) is 21.7 Å². The van der Waals surface area contributed by atoms with E-state index in [1.54, 1.807) is 0 Å². The Morgan fingerprint density at radius 2 is 1.09 bits per heavy atom. The molecule has 0 fully saturated rings. The van der Waals surface area contributed by atoms with Crippen LogP contribution in [0.25, 0.3) is 0 Å². The van der Waals surface area contributed by atoms with Crippen molar-refractivity contribution in [2.45, 2.75) is 0 Å². The number of phosphoric acid groups is 2. The van der Waals surface area contributed by atoms with Gasteiger partial charge >= 0.3 is 53.4 Å². The van der Waals surface area contributed by atoms with E-state index in [0.717, 1.165) is 0 Å². The molecule has 0 spiro atoms. The van der Waals surface area contributed by atoms with E-state index in [4.69, 9.17) is 19.6 Å². The normalized spacial score (nSPS) is 11.3. The molecule has 64 valence electrons. The summed E-state index contributed by atoms with van der Waals surface area (Å²) in [6.45, 7) is 0. The second-order valence-electron chi connectivity index (χ2n) is 1.06. The van der Waals surface area contributed by atoms with Crippen LogP contribution in [0.4, 0.5) is 0 Å². The van der Waals surface area contributed by atoms with Crippen molar-refractivity contribution in [3.05, 3.63) is 0 Å². The predicted molar refractivity (Wildman–Crippen MR) is 33.7 cm³/mol. The zero-order chi connectivity index (χ0) is 7.71. The maximum absolute atomic E-state index is 9.63. The average molecular weight is 268 g/mol. The van der Waals surface area contributed by atoms with Crippen molar-refractivity contribution in [1.29, 1.82) is 0 Å². The fraction of sp³-hybridized carbons (Fsp3) is 0. The van der Waals surface area contributed by atoms with Crippen LogP contribution >= 0.6 is 15.6 Å². The van der Waals surface area contributed by atoms with Crippen LogP contribution < -0.4 is 0 Å². The molecule has 0 saturated carbocycles. The predicted octanol–water partition coefficient (Wildman–Crippen LogP) is -1.73. The zero-order valence-electron chi connectivity index (χ0n) is 4.41. The van der Waals surface area contributed by atoms with Crippen molar-refractivity contribution in [2.75, 3.05) is 0 Å². The Bertz CT molecular complexity index is 157. The first kappa shape index (κ1) is 18.9. The minimum Gasteiger partial charge on any atom is 0 e. The number of hydrogen-bond acceptors (Lipinski definition) is 3. The van der Waals surface area contributed by atoms with Crippen LogP contribution in [-0.2, 0) is 35.2 Å². The molecule has 0 radical (unpaired) electrons. The van der Waals surface area contributed by atoms with Gasteiger partial charge in [-0.3, -0.25) is 0 Å².